The Morgan fingerprint density at radius 3 is 2.30 bits per heavy atom. The van der Waals surface area contributed by atoms with E-state index >= 15 is 0 Å². The number of ketones is 1. The van der Waals surface area contributed by atoms with Gasteiger partial charge in [0.1, 0.15) is 6.54 Å². The summed E-state index contributed by atoms with van der Waals surface area (Å²) in [4.78, 5) is 53.3. The maximum absolute atomic E-state index is 13.5. The lowest BCUT2D eigenvalue weighted by Gasteiger charge is -2.30. The quantitative estimate of drug-likeness (QED) is 0.373. The van der Waals surface area contributed by atoms with Crippen LogP contribution in [-0.4, -0.2) is 40.1 Å². The number of hydrazine groups is 1. The molecule has 0 N–H and O–H groups in total. The topological polar surface area (TPSA) is 74.8 Å². The number of rotatable bonds is 5. The van der Waals surface area contributed by atoms with Crippen LogP contribution in [0.25, 0.3) is 0 Å². The molecule has 3 atom stereocenters. The molecule has 2 aromatic rings. The molecule has 0 aromatic heterocycles. The van der Waals surface area contributed by atoms with E-state index in [0.29, 0.717) is 17.0 Å². The van der Waals surface area contributed by atoms with Gasteiger partial charge in [0.2, 0.25) is 0 Å². The number of imide groups is 1. The van der Waals surface area contributed by atoms with Gasteiger partial charge in [-0.05, 0) is 67.6 Å². The number of halogens is 1. The molecule has 1 aliphatic carbocycles. The van der Waals surface area contributed by atoms with Crippen LogP contribution in [0.1, 0.15) is 45.2 Å². The highest BCUT2D eigenvalue weighted by Crippen LogP contribution is 2.39. The zero-order valence-electron chi connectivity index (χ0n) is 18.7. The number of benzene rings is 2. The van der Waals surface area contributed by atoms with E-state index in [1.165, 1.54) is 12.1 Å². The van der Waals surface area contributed by atoms with Crippen molar-refractivity contribution in [2.24, 2.45) is 17.8 Å². The number of aryl methyl sites for hydroxylation is 2. The standard InChI is InChI=1S/C26H25ClN2O4/c1-15-7-8-19(13-17(15)3)22(30)14-28(24(31)18-9-11-20(27)12-10-18)29-25(32)21-6-4-5-16(2)23(21)26(29)33/h4-5,7-13,16,21,23H,6,14H2,1-3H3/t16-,21-,23-/m1/s1. The summed E-state index contributed by atoms with van der Waals surface area (Å²) >= 11 is 5.96. The van der Waals surface area contributed by atoms with Crippen molar-refractivity contribution in [3.8, 4) is 0 Å². The van der Waals surface area contributed by atoms with Gasteiger partial charge in [-0.3, -0.25) is 19.2 Å². The summed E-state index contributed by atoms with van der Waals surface area (Å²) in [5.41, 5.74) is 2.62. The van der Waals surface area contributed by atoms with Crippen molar-refractivity contribution in [2.75, 3.05) is 6.54 Å². The lowest BCUT2D eigenvalue weighted by atomic mass is 9.78. The van der Waals surface area contributed by atoms with Crippen LogP contribution in [0.4, 0.5) is 0 Å². The maximum atomic E-state index is 13.5. The third-order valence-corrected chi connectivity index (χ3v) is 6.79. The minimum Gasteiger partial charge on any atom is -0.292 e. The molecule has 6 nitrogen and oxygen atoms in total. The van der Waals surface area contributed by atoms with Crippen molar-refractivity contribution in [3.05, 3.63) is 81.9 Å². The van der Waals surface area contributed by atoms with Gasteiger partial charge in [0.05, 0.1) is 11.8 Å². The highest BCUT2D eigenvalue weighted by molar-refractivity contribution is 6.30. The Bertz CT molecular complexity index is 1170. The second-order valence-corrected chi connectivity index (χ2v) is 9.17. The molecular formula is C26H25ClN2O4. The molecule has 0 spiro atoms. The maximum Gasteiger partial charge on any atom is 0.273 e. The van der Waals surface area contributed by atoms with E-state index in [4.69, 9.17) is 11.6 Å². The van der Waals surface area contributed by atoms with Crippen LogP contribution < -0.4 is 0 Å². The highest BCUT2D eigenvalue weighted by atomic mass is 35.5. The Balaban J connectivity index is 1.71. The van der Waals surface area contributed by atoms with Crippen LogP contribution in [-0.2, 0) is 9.59 Å². The zero-order chi connectivity index (χ0) is 23.9. The SMILES string of the molecule is Cc1ccc(C(=O)CN(C(=O)c2ccc(Cl)cc2)N2C(=O)[C@@H]3[C@H](C)C=CC[C@H]3C2=O)cc1C. The number of fused-ring (bicyclic) bond motifs is 1. The molecule has 2 aliphatic rings. The van der Waals surface area contributed by atoms with Crippen molar-refractivity contribution in [1.82, 2.24) is 10.0 Å². The first kappa shape index (κ1) is 22.9. The van der Waals surface area contributed by atoms with Gasteiger partial charge >= 0.3 is 0 Å². The monoisotopic (exact) mass is 464 g/mol. The molecule has 4 rings (SSSR count). The van der Waals surface area contributed by atoms with Gasteiger partial charge in [-0.25, -0.2) is 5.01 Å². The smallest absolute Gasteiger partial charge is 0.273 e. The summed E-state index contributed by atoms with van der Waals surface area (Å²) in [7, 11) is 0. The first-order chi connectivity index (χ1) is 15.7. The number of Topliss-reactive ketones (excluding diaryl/α,β-unsaturated/α-hetero) is 1. The molecule has 2 aromatic carbocycles. The van der Waals surface area contributed by atoms with E-state index in [1.807, 2.05) is 39.0 Å². The predicted molar refractivity (Wildman–Crippen MR) is 124 cm³/mol. The van der Waals surface area contributed by atoms with Gasteiger partial charge in [0.25, 0.3) is 17.7 Å². The summed E-state index contributed by atoms with van der Waals surface area (Å²) < 4.78 is 0. The molecule has 0 unspecified atom stereocenters. The van der Waals surface area contributed by atoms with E-state index in [0.717, 1.165) is 21.1 Å². The van der Waals surface area contributed by atoms with Crippen molar-refractivity contribution >= 4 is 35.1 Å². The summed E-state index contributed by atoms with van der Waals surface area (Å²) in [5.74, 6) is -3.07. The molecule has 170 valence electrons. The molecule has 1 heterocycles. The summed E-state index contributed by atoms with van der Waals surface area (Å²) in [6.07, 6.45) is 4.25. The van der Waals surface area contributed by atoms with Gasteiger partial charge in [0, 0.05) is 16.1 Å². The van der Waals surface area contributed by atoms with E-state index in [9.17, 15) is 19.2 Å². The molecule has 1 saturated heterocycles. The van der Waals surface area contributed by atoms with Crippen LogP contribution in [0.3, 0.4) is 0 Å². The average Bonchev–Trinajstić information content (AvgIpc) is 3.05. The average molecular weight is 465 g/mol. The Kier molecular flexibility index (Phi) is 6.21. The Morgan fingerprint density at radius 1 is 1.00 bits per heavy atom. The molecule has 0 radical (unpaired) electrons. The van der Waals surface area contributed by atoms with E-state index in [1.54, 1.807) is 24.3 Å². The fourth-order valence-electron chi connectivity index (χ4n) is 4.49. The van der Waals surface area contributed by atoms with Gasteiger partial charge in [0.15, 0.2) is 5.78 Å². The molecule has 1 fully saturated rings. The van der Waals surface area contributed by atoms with E-state index in [-0.39, 0.29) is 17.3 Å². The Labute approximate surface area is 197 Å². The van der Waals surface area contributed by atoms with Crippen LogP contribution in [0.5, 0.6) is 0 Å². The summed E-state index contributed by atoms with van der Waals surface area (Å²) in [5, 5.41) is 2.34. The largest absolute Gasteiger partial charge is 0.292 e. The highest BCUT2D eigenvalue weighted by Gasteiger charge is 2.53. The second kappa shape index (κ2) is 8.94. The number of amides is 3. The first-order valence-electron chi connectivity index (χ1n) is 10.9. The molecule has 1 aliphatic heterocycles. The minimum atomic E-state index is -0.607. The lowest BCUT2D eigenvalue weighted by Crippen LogP contribution is -2.52. The molecule has 0 bridgehead atoms. The van der Waals surface area contributed by atoms with Crippen molar-refractivity contribution in [1.29, 1.82) is 0 Å². The van der Waals surface area contributed by atoms with Crippen molar-refractivity contribution in [3.63, 3.8) is 0 Å². The third kappa shape index (κ3) is 4.23. The lowest BCUT2D eigenvalue weighted by molar-refractivity contribution is -0.154. The summed E-state index contributed by atoms with van der Waals surface area (Å²) in [6, 6.07) is 11.4. The van der Waals surface area contributed by atoms with E-state index < -0.39 is 36.1 Å². The zero-order valence-corrected chi connectivity index (χ0v) is 19.5. The summed E-state index contributed by atoms with van der Waals surface area (Å²) in [6.45, 7) is 5.30. The van der Waals surface area contributed by atoms with Crippen molar-refractivity contribution < 1.29 is 19.2 Å². The number of carbonyl (C=O) groups excluding carboxylic acids is 4. The number of hydrogen-bond acceptors (Lipinski definition) is 4. The first-order valence-corrected chi connectivity index (χ1v) is 11.3. The fraction of sp³-hybridized carbons (Fsp3) is 0.308. The predicted octanol–water partition coefficient (Wildman–Crippen LogP) is 4.39. The van der Waals surface area contributed by atoms with Crippen LogP contribution in [0, 0.1) is 31.6 Å². The molecule has 7 heteroatoms. The third-order valence-electron chi connectivity index (χ3n) is 6.54. The second-order valence-electron chi connectivity index (χ2n) is 8.74. The molecule has 3 amide bonds. The van der Waals surface area contributed by atoms with Crippen LogP contribution in [0.15, 0.2) is 54.6 Å². The number of carbonyl (C=O) groups is 4. The molecule has 0 saturated carbocycles. The van der Waals surface area contributed by atoms with Gasteiger partial charge in [-0.2, -0.15) is 5.01 Å². The number of allylic oxidation sites excluding steroid dienone is 2. The Hall–Kier alpha value is -3.25. The van der Waals surface area contributed by atoms with Gasteiger partial charge in [-0.15, -0.1) is 0 Å². The normalized spacial score (nSPS) is 21.8. The fourth-order valence-corrected chi connectivity index (χ4v) is 4.61. The van der Waals surface area contributed by atoms with Crippen LogP contribution in [0.2, 0.25) is 5.02 Å². The van der Waals surface area contributed by atoms with Crippen molar-refractivity contribution in [2.45, 2.75) is 27.2 Å². The van der Waals surface area contributed by atoms with E-state index in [2.05, 4.69) is 0 Å². The van der Waals surface area contributed by atoms with Gasteiger partial charge in [-0.1, -0.05) is 42.8 Å². The molecule has 33 heavy (non-hydrogen) atoms. The minimum absolute atomic E-state index is 0.131. The number of hydrogen-bond donors (Lipinski definition) is 0. The molecular weight excluding hydrogens is 440 g/mol. The Morgan fingerprint density at radius 2 is 1.67 bits per heavy atom. The number of nitrogens with zero attached hydrogens (tertiary/aromatic N) is 2. The van der Waals surface area contributed by atoms with Crippen LogP contribution >= 0.6 is 11.6 Å². The van der Waals surface area contributed by atoms with Gasteiger partial charge < -0.3 is 0 Å².